The van der Waals surface area contributed by atoms with Crippen molar-refractivity contribution in [3.05, 3.63) is 28.8 Å². The molecule has 0 radical (unpaired) electrons. The highest BCUT2D eigenvalue weighted by molar-refractivity contribution is 8.01. The van der Waals surface area contributed by atoms with Crippen LogP contribution in [0.3, 0.4) is 0 Å². The molecule has 20 heavy (non-hydrogen) atoms. The van der Waals surface area contributed by atoms with Crippen LogP contribution < -0.4 is 5.32 Å². The summed E-state index contributed by atoms with van der Waals surface area (Å²) in [5, 5.41) is 12.5. The third kappa shape index (κ3) is 3.84. The second kappa shape index (κ2) is 6.92. The number of carbonyl (C=O) groups excluding carboxylic acids is 1. The molecule has 0 bridgehead atoms. The summed E-state index contributed by atoms with van der Waals surface area (Å²) in [4.78, 5) is 11.0. The van der Waals surface area contributed by atoms with E-state index in [1.165, 1.54) is 30.2 Å². The van der Waals surface area contributed by atoms with Crippen LogP contribution in [0.25, 0.3) is 0 Å². The predicted octanol–water partition coefficient (Wildman–Crippen LogP) is 3.51. The van der Waals surface area contributed by atoms with E-state index in [9.17, 15) is 4.79 Å². The first-order valence-electron chi connectivity index (χ1n) is 5.65. The van der Waals surface area contributed by atoms with Crippen LogP contribution in [0.1, 0.15) is 5.56 Å². The van der Waals surface area contributed by atoms with E-state index in [1.54, 1.807) is 0 Å². The van der Waals surface area contributed by atoms with Gasteiger partial charge in [0.1, 0.15) is 0 Å². The Kier molecular flexibility index (Phi) is 5.22. The average molecular weight is 330 g/mol. The van der Waals surface area contributed by atoms with E-state index in [4.69, 9.17) is 11.6 Å². The normalized spacial score (nSPS) is 10.3. The van der Waals surface area contributed by atoms with Crippen LogP contribution in [0, 0.1) is 6.92 Å². The molecular weight excluding hydrogens is 318 g/mol. The molecule has 8 heteroatoms. The van der Waals surface area contributed by atoms with Crippen molar-refractivity contribution in [3.8, 4) is 0 Å². The van der Waals surface area contributed by atoms with Gasteiger partial charge in [-0.2, -0.15) is 0 Å². The van der Waals surface area contributed by atoms with Crippen LogP contribution in [0.2, 0.25) is 5.02 Å². The topological polar surface area (TPSA) is 64.1 Å². The Morgan fingerprint density at radius 3 is 3.05 bits per heavy atom. The number of aromatic nitrogens is 2. The number of rotatable bonds is 5. The van der Waals surface area contributed by atoms with Crippen molar-refractivity contribution in [3.63, 3.8) is 0 Å². The van der Waals surface area contributed by atoms with Crippen molar-refractivity contribution in [2.24, 2.45) is 0 Å². The lowest BCUT2D eigenvalue weighted by Crippen LogP contribution is -2.02. The van der Waals surface area contributed by atoms with Gasteiger partial charge in [0.15, 0.2) is 4.34 Å². The summed E-state index contributed by atoms with van der Waals surface area (Å²) >= 11 is 8.73. The highest BCUT2D eigenvalue weighted by Gasteiger charge is 2.09. The van der Waals surface area contributed by atoms with Gasteiger partial charge in [-0.05, 0) is 24.6 Å². The first kappa shape index (κ1) is 15.1. The van der Waals surface area contributed by atoms with Crippen molar-refractivity contribution in [2.75, 3.05) is 18.2 Å². The van der Waals surface area contributed by atoms with Crippen LogP contribution in [-0.2, 0) is 9.53 Å². The van der Waals surface area contributed by atoms with Gasteiger partial charge in [-0.25, -0.2) is 0 Å². The summed E-state index contributed by atoms with van der Waals surface area (Å²) in [6, 6.07) is 5.62. The fourth-order valence-corrected chi connectivity index (χ4v) is 3.13. The zero-order chi connectivity index (χ0) is 14.5. The fourth-order valence-electron chi connectivity index (χ4n) is 1.36. The number of hydrogen-bond acceptors (Lipinski definition) is 7. The molecule has 1 aromatic carbocycles. The SMILES string of the molecule is COC(=O)CSc1nnc(Nc2cccc(Cl)c2C)s1. The Bertz CT molecular complexity index is 618. The van der Waals surface area contributed by atoms with Gasteiger partial charge in [-0.15, -0.1) is 10.2 Å². The number of nitrogens with zero attached hydrogens (tertiary/aromatic N) is 2. The Labute approximate surface area is 129 Å². The molecule has 106 valence electrons. The molecule has 0 saturated heterocycles. The number of methoxy groups -OCH3 is 1. The molecule has 0 aliphatic heterocycles. The lowest BCUT2D eigenvalue weighted by molar-refractivity contribution is -0.137. The maximum absolute atomic E-state index is 11.0. The summed E-state index contributed by atoms with van der Waals surface area (Å²) in [5.74, 6) is -0.0631. The van der Waals surface area contributed by atoms with Gasteiger partial charge < -0.3 is 10.1 Å². The van der Waals surface area contributed by atoms with Crippen molar-refractivity contribution in [1.29, 1.82) is 0 Å². The van der Waals surface area contributed by atoms with Crippen LogP contribution in [-0.4, -0.2) is 29.0 Å². The zero-order valence-corrected chi connectivity index (χ0v) is 13.2. The molecule has 5 nitrogen and oxygen atoms in total. The minimum atomic E-state index is -0.287. The molecule has 0 aliphatic rings. The second-order valence-corrected chi connectivity index (χ2v) is 6.38. The number of ether oxygens (including phenoxy) is 1. The number of nitrogens with one attached hydrogen (secondary N) is 1. The highest BCUT2D eigenvalue weighted by Crippen LogP contribution is 2.30. The van der Waals surface area contributed by atoms with Crippen LogP contribution in [0.5, 0.6) is 0 Å². The first-order chi connectivity index (χ1) is 9.60. The predicted molar refractivity (Wildman–Crippen MR) is 82.1 cm³/mol. The Morgan fingerprint density at radius 1 is 1.50 bits per heavy atom. The van der Waals surface area contributed by atoms with Crippen LogP contribution >= 0.6 is 34.7 Å². The number of hydrogen-bond donors (Lipinski definition) is 1. The molecule has 0 saturated carbocycles. The molecule has 0 unspecified atom stereocenters. The quantitative estimate of drug-likeness (QED) is 0.669. The van der Waals surface area contributed by atoms with Gasteiger partial charge in [0.25, 0.3) is 0 Å². The minimum absolute atomic E-state index is 0.224. The van der Waals surface area contributed by atoms with Gasteiger partial charge in [-0.1, -0.05) is 40.8 Å². The Hall–Kier alpha value is -1.31. The van der Waals surface area contributed by atoms with E-state index in [-0.39, 0.29) is 11.7 Å². The van der Waals surface area contributed by atoms with E-state index >= 15 is 0 Å². The average Bonchev–Trinajstić information content (AvgIpc) is 2.89. The number of anilines is 2. The van der Waals surface area contributed by atoms with Crippen molar-refractivity contribution < 1.29 is 9.53 Å². The molecule has 0 spiro atoms. The first-order valence-corrected chi connectivity index (χ1v) is 7.83. The van der Waals surface area contributed by atoms with E-state index in [0.29, 0.717) is 14.5 Å². The molecule has 2 rings (SSSR count). The molecule has 0 aliphatic carbocycles. The molecule has 0 atom stereocenters. The molecule has 0 fully saturated rings. The highest BCUT2D eigenvalue weighted by atomic mass is 35.5. The molecule has 1 aromatic heterocycles. The largest absolute Gasteiger partial charge is 0.468 e. The van der Waals surface area contributed by atoms with Gasteiger partial charge in [0, 0.05) is 10.7 Å². The van der Waals surface area contributed by atoms with Crippen molar-refractivity contribution >= 4 is 51.5 Å². The van der Waals surface area contributed by atoms with Crippen LogP contribution in [0.15, 0.2) is 22.5 Å². The fraction of sp³-hybridized carbons (Fsp3) is 0.250. The summed E-state index contributed by atoms with van der Waals surface area (Å²) in [5.41, 5.74) is 1.84. The minimum Gasteiger partial charge on any atom is -0.468 e. The van der Waals surface area contributed by atoms with Crippen molar-refractivity contribution in [1.82, 2.24) is 10.2 Å². The summed E-state index contributed by atoms with van der Waals surface area (Å²) < 4.78 is 5.28. The van der Waals surface area contributed by atoms with Gasteiger partial charge in [-0.3, -0.25) is 4.79 Å². The van der Waals surface area contributed by atoms with E-state index in [1.807, 2.05) is 25.1 Å². The third-order valence-corrected chi connectivity index (χ3v) is 4.81. The van der Waals surface area contributed by atoms with Crippen LogP contribution in [0.4, 0.5) is 10.8 Å². The Morgan fingerprint density at radius 2 is 2.30 bits per heavy atom. The van der Waals surface area contributed by atoms with Gasteiger partial charge in [0.2, 0.25) is 5.13 Å². The van der Waals surface area contributed by atoms with E-state index in [2.05, 4.69) is 20.3 Å². The van der Waals surface area contributed by atoms with Gasteiger partial charge >= 0.3 is 5.97 Å². The maximum atomic E-state index is 11.0. The van der Waals surface area contributed by atoms with E-state index < -0.39 is 0 Å². The van der Waals surface area contributed by atoms with Gasteiger partial charge in [0.05, 0.1) is 12.9 Å². The van der Waals surface area contributed by atoms with Crippen molar-refractivity contribution in [2.45, 2.75) is 11.3 Å². The lowest BCUT2D eigenvalue weighted by atomic mass is 10.2. The molecular formula is C12H12ClN3O2S2. The number of halogens is 1. The number of esters is 1. The lowest BCUT2D eigenvalue weighted by Gasteiger charge is -2.06. The summed E-state index contributed by atoms with van der Waals surface area (Å²) in [6.07, 6.45) is 0. The number of benzene rings is 1. The second-order valence-electron chi connectivity index (χ2n) is 3.78. The Balaban J connectivity index is 2.02. The summed E-state index contributed by atoms with van der Waals surface area (Å²) in [6.45, 7) is 1.93. The molecule has 2 aromatic rings. The summed E-state index contributed by atoms with van der Waals surface area (Å²) in [7, 11) is 1.36. The maximum Gasteiger partial charge on any atom is 0.316 e. The number of thioether (sulfide) groups is 1. The molecule has 0 amide bonds. The number of carbonyl (C=O) groups is 1. The smallest absolute Gasteiger partial charge is 0.316 e. The zero-order valence-electron chi connectivity index (χ0n) is 10.8. The third-order valence-electron chi connectivity index (χ3n) is 2.46. The standard InChI is InChI=1S/C12H12ClN3O2S2/c1-7-8(13)4-3-5-9(7)14-11-15-16-12(20-11)19-6-10(17)18-2/h3-5H,6H2,1-2H3,(H,14,15). The molecule has 1 N–H and O–H groups in total. The monoisotopic (exact) mass is 329 g/mol. The molecule has 1 heterocycles. The van der Waals surface area contributed by atoms with E-state index in [0.717, 1.165) is 11.3 Å².